The van der Waals surface area contributed by atoms with Crippen molar-refractivity contribution in [2.24, 2.45) is 0 Å². The molecule has 0 saturated carbocycles. The molecule has 0 unspecified atom stereocenters. The summed E-state index contributed by atoms with van der Waals surface area (Å²) >= 11 is 0. The summed E-state index contributed by atoms with van der Waals surface area (Å²) in [6, 6.07) is 8.79. The van der Waals surface area contributed by atoms with Crippen LogP contribution in [-0.2, 0) is 4.79 Å². The zero-order valence-electron chi connectivity index (χ0n) is 21.0. The van der Waals surface area contributed by atoms with E-state index in [1.54, 1.807) is 14.2 Å². The SMILES string of the molecule is CC/C(=C\c1c(C)c(OC)c(-c2ccc(NC(C)C)cc2)c(C)c1OC)C(=O)NC(C)C. The second-order valence-corrected chi connectivity index (χ2v) is 8.63. The molecule has 5 nitrogen and oxygen atoms in total. The molecule has 1 amide bonds. The molecule has 0 heterocycles. The Balaban J connectivity index is 2.67. The summed E-state index contributed by atoms with van der Waals surface area (Å²) in [4.78, 5) is 12.7. The molecule has 2 rings (SSSR count). The summed E-state index contributed by atoms with van der Waals surface area (Å²) < 4.78 is 11.7. The maximum Gasteiger partial charge on any atom is 0.247 e. The Labute approximate surface area is 193 Å². The smallest absolute Gasteiger partial charge is 0.247 e. The number of hydrogen-bond donors (Lipinski definition) is 2. The average Bonchev–Trinajstić information content (AvgIpc) is 2.73. The van der Waals surface area contributed by atoms with Gasteiger partial charge in [-0.15, -0.1) is 0 Å². The van der Waals surface area contributed by atoms with Crippen LogP contribution in [0, 0.1) is 13.8 Å². The van der Waals surface area contributed by atoms with Crippen LogP contribution in [-0.4, -0.2) is 32.2 Å². The van der Waals surface area contributed by atoms with Crippen LogP contribution in [0.15, 0.2) is 29.8 Å². The van der Waals surface area contributed by atoms with Crippen molar-refractivity contribution in [3.05, 3.63) is 46.5 Å². The standard InChI is InChI=1S/C27H38N2O3/c1-10-20(27(30)29-17(4)5)15-23-18(6)26(32-9)24(19(7)25(23)31-8)21-11-13-22(14-12-21)28-16(2)3/h11-17,28H,10H2,1-9H3,(H,29,30)/b20-15+. The summed E-state index contributed by atoms with van der Waals surface area (Å²) in [5, 5.41) is 6.40. The normalized spacial score (nSPS) is 11.7. The van der Waals surface area contributed by atoms with Crippen LogP contribution in [0.1, 0.15) is 57.7 Å². The molecule has 0 aliphatic heterocycles. The zero-order chi connectivity index (χ0) is 24.0. The number of benzene rings is 2. The van der Waals surface area contributed by atoms with Crippen molar-refractivity contribution in [3.63, 3.8) is 0 Å². The van der Waals surface area contributed by atoms with Gasteiger partial charge >= 0.3 is 0 Å². The summed E-state index contributed by atoms with van der Waals surface area (Å²) in [6.07, 6.45) is 2.55. The summed E-state index contributed by atoms with van der Waals surface area (Å²) in [7, 11) is 3.36. The highest BCUT2D eigenvalue weighted by atomic mass is 16.5. The van der Waals surface area contributed by atoms with E-state index >= 15 is 0 Å². The fourth-order valence-electron chi connectivity index (χ4n) is 3.93. The van der Waals surface area contributed by atoms with E-state index in [9.17, 15) is 4.79 Å². The van der Waals surface area contributed by atoms with Crippen LogP contribution < -0.4 is 20.1 Å². The maximum absolute atomic E-state index is 12.7. The number of nitrogens with one attached hydrogen (secondary N) is 2. The van der Waals surface area contributed by atoms with Crippen LogP contribution in [0.3, 0.4) is 0 Å². The first kappa shape index (κ1) is 25.3. The fraction of sp³-hybridized carbons (Fsp3) is 0.444. The first-order valence-corrected chi connectivity index (χ1v) is 11.3. The fourth-order valence-corrected chi connectivity index (χ4v) is 3.93. The first-order valence-electron chi connectivity index (χ1n) is 11.3. The van der Waals surface area contributed by atoms with E-state index in [-0.39, 0.29) is 11.9 Å². The average molecular weight is 439 g/mol. The van der Waals surface area contributed by atoms with E-state index in [2.05, 4.69) is 48.7 Å². The largest absolute Gasteiger partial charge is 0.496 e. The molecule has 0 aliphatic rings. The highest BCUT2D eigenvalue weighted by Gasteiger charge is 2.22. The third-order valence-electron chi connectivity index (χ3n) is 5.38. The minimum atomic E-state index is -0.0575. The predicted octanol–water partition coefficient (Wildman–Crippen LogP) is 6.13. The molecule has 0 aromatic heterocycles. The van der Waals surface area contributed by atoms with Crippen molar-refractivity contribution in [1.29, 1.82) is 0 Å². The number of methoxy groups -OCH3 is 2. The molecule has 0 radical (unpaired) electrons. The van der Waals surface area contributed by atoms with Gasteiger partial charge in [0.25, 0.3) is 0 Å². The number of ether oxygens (including phenoxy) is 2. The zero-order valence-corrected chi connectivity index (χ0v) is 21.0. The van der Waals surface area contributed by atoms with Gasteiger partial charge in [-0.05, 0) is 71.7 Å². The monoisotopic (exact) mass is 438 g/mol. The molecule has 0 fully saturated rings. The Bertz CT molecular complexity index is 974. The Morgan fingerprint density at radius 2 is 1.53 bits per heavy atom. The van der Waals surface area contributed by atoms with Crippen LogP contribution in [0.2, 0.25) is 0 Å². The van der Waals surface area contributed by atoms with Gasteiger partial charge in [0.15, 0.2) is 0 Å². The van der Waals surface area contributed by atoms with Gasteiger partial charge in [0, 0.05) is 45.6 Å². The van der Waals surface area contributed by atoms with E-state index in [1.165, 1.54) is 0 Å². The van der Waals surface area contributed by atoms with E-state index in [0.29, 0.717) is 18.0 Å². The highest BCUT2D eigenvalue weighted by Crippen LogP contribution is 2.45. The highest BCUT2D eigenvalue weighted by molar-refractivity contribution is 5.99. The molecule has 32 heavy (non-hydrogen) atoms. The molecule has 2 aromatic rings. The minimum Gasteiger partial charge on any atom is -0.496 e. The van der Waals surface area contributed by atoms with Crippen LogP contribution >= 0.6 is 0 Å². The van der Waals surface area contributed by atoms with Gasteiger partial charge in [0.1, 0.15) is 11.5 Å². The Kier molecular flexibility index (Phi) is 8.76. The van der Waals surface area contributed by atoms with E-state index in [4.69, 9.17) is 9.47 Å². The Morgan fingerprint density at radius 1 is 0.938 bits per heavy atom. The van der Waals surface area contributed by atoms with Crippen molar-refractivity contribution in [2.75, 3.05) is 19.5 Å². The van der Waals surface area contributed by atoms with Crippen LogP contribution in [0.25, 0.3) is 17.2 Å². The molecule has 174 valence electrons. The predicted molar refractivity (Wildman–Crippen MR) is 135 cm³/mol. The number of rotatable bonds is 9. The van der Waals surface area contributed by atoms with Gasteiger partial charge in [-0.2, -0.15) is 0 Å². The Morgan fingerprint density at radius 3 is 2.00 bits per heavy atom. The lowest BCUT2D eigenvalue weighted by Gasteiger charge is -2.22. The lowest BCUT2D eigenvalue weighted by atomic mass is 9.90. The molecule has 0 saturated heterocycles. The van der Waals surface area contributed by atoms with Gasteiger partial charge in [0.2, 0.25) is 5.91 Å². The lowest BCUT2D eigenvalue weighted by Crippen LogP contribution is -2.31. The second kappa shape index (κ2) is 11.1. The number of carbonyl (C=O) groups excluding carboxylic acids is 1. The second-order valence-electron chi connectivity index (χ2n) is 8.63. The van der Waals surface area contributed by atoms with E-state index in [1.807, 2.05) is 40.7 Å². The van der Waals surface area contributed by atoms with E-state index in [0.717, 1.165) is 45.0 Å². The molecular weight excluding hydrogens is 400 g/mol. The lowest BCUT2D eigenvalue weighted by molar-refractivity contribution is -0.118. The molecule has 0 atom stereocenters. The maximum atomic E-state index is 12.7. The first-order chi connectivity index (χ1) is 15.1. The quantitative estimate of drug-likeness (QED) is 0.463. The third kappa shape index (κ3) is 5.64. The van der Waals surface area contributed by atoms with Gasteiger partial charge in [-0.3, -0.25) is 4.79 Å². The minimum absolute atomic E-state index is 0.0575. The molecule has 2 aromatic carbocycles. The van der Waals surface area contributed by atoms with Crippen molar-refractivity contribution in [3.8, 4) is 22.6 Å². The van der Waals surface area contributed by atoms with Crippen molar-refractivity contribution >= 4 is 17.7 Å². The van der Waals surface area contributed by atoms with Crippen molar-refractivity contribution in [2.45, 2.75) is 67.0 Å². The number of amides is 1. The Hall–Kier alpha value is -2.95. The summed E-state index contributed by atoms with van der Waals surface area (Å²) in [5.41, 5.74) is 6.63. The molecule has 2 N–H and O–H groups in total. The molecular formula is C27H38N2O3. The van der Waals surface area contributed by atoms with Crippen molar-refractivity contribution < 1.29 is 14.3 Å². The number of hydrogen-bond acceptors (Lipinski definition) is 4. The van der Waals surface area contributed by atoms with Gasteiger partial charge in [-0.25, -0.2) is 0 Å². The van der Waals surface area contributed by atoms with Gasteiger partial charge < -0.3 is 20.1 Å². The third-order valence-corrected chi connectivity index (χ3v) is 5.38. The van der Waals surface area contributed by atoms with Crippen molar-refractivity contribution in [1.82, 2.24) is 5.32 Å². The van der Waals surface area contributed by atoms with Gasteiger partial charge in [0.05, 0.1) is 14.2 Å². The molecule has 0 bridgehead atoms. The van der Waals surface area contributed by atoms with Crippen LogP contribution in [0.4, 0.5) is 5.69 Å². The molecule has 5 heteroatoms. The summed E-state index contributed by atoms with van der Waals surface area (Å²) in [5.74, 6) is 1.49. The molecule has 0 aliphatic carbocycles. The number of anilines is 1. The summed E-state index contributed by atoms with van der Waals surface area (Å²) in [6.45, 7) is 14.2. The van der Waals surface area contributed by atoms with Crippen LogP contribution in [0.5, 0.6) is 11.5 Å². The molecule has 0 spiro atoms. The topological polar surface area (TPSA) is 59.6 Å². The van der Waals surface area contributed by atoms with Gasteiger partial charge in [-0.1, -0.05) is 19.1 Å². The van der Waals surface area contributed by atoms with E-state index < -0.39 is 0 Å². The number of carbonyl (C=O) groups is 1.